The minimum absolute atomic E-state index is 0.0515. The van der Waals surface area contributed by atoms with Gasteiger partial charge in [-0.2, -0.15) is 0 Å². The Bertz CT molecular complexity index is 867. The van der Waals surface area contributed by atoms with Gasteiger partial charge in [0.15, 0.2) is 5.16 Å². The van der Waals surface area contributed by atoms with Crippen LogP contribution < -0.4 is 5.32 Å². The van der Waals surface area contributed by atoms with E-state index in [9.17, 15) is 13.2 Å². The number of hydrogen-bond acceptors (Lipinski definition) is 6. The number of nitrogens with zero attached hydrogens (tertiary/aromatic N) is 4. The van der Waals surface area contributed by atoms with Gasteiger partial charge in [0.2, 0.25) is 15.9 Å². The second kappa shape index (κ2) is 8.17. The number of amides is 1. The van der Waals surface area contributed by atoms with Crippen LogP contribution in [0.3, 0.4) is 0 Å². The van der Waals surface area contributed by atoms with Crippen LogP contribution in [0.4, 0.5) is 5.69 Å². The molecule has 0 unspecified atom stereocenters. The summed E-state index contributed by atoms with van der Waals surface area (Å²) in [6, 6.07) is 4.18. The Labute approximate surface area is 155 Å². The Kier molecular flexibility index (Phi) is 6.44. The number of benzene rings is 1. The van der Waals surface area contributed by atoms with E-state index in [4.69, 9.17) is 11.6 Å². The summed E-state index contributed by atoms with van der Waals surface area (Å²) in [7, 11) is -0.746. The highest BCUT2D eigenvalue weighted by Gasteiger charge is 2.19. The average molecular weight is 404 g/mol. The van der Waals surface area contributed by atoms with Crippen LogP contribution in [0.25, 0.3) is 0 Å². The molecule has 0 fully saturated rings. The number of rotatable bonds is 7. The molecule has 1 amide bonds. The average Bonchev–Trinajstić information content (AvgIpc) is 3.02. The maximum absolute atomic E-state index is 12.2. The highest BCUT2D eigenvalue weighted by Crippen LogP contribution is 2.27. The number of aryl methyl sites for hydroxylation is 1. The van der Waals surface area contributed by atoms with Crippen LogP contribution in [0.2, 0.25) is 5.02 Å². The Morgan fingerprint density at radius 1 is 1.40 bits per heavy atom. The molecule has 25 heavy (non-hydrogen) atoms. The van der Waals surface area contributed by atoms with Crippen molar-refractivity contribution in [2.24, 2.45) is 0 Å². The molecule has 0 radical (unpaired) electrons. The SMILES string of the molecule is CCn1cnnc1SCC(=O)Nc1cc(S(=O)(=O)N(C)C)ccc1Cl. The summed E-state index contributed by atoms with van der Waals surface area (Å²) in [5, 5.41) is 11.2. The summed E-state index contributed by atoms with van der Waals surface area (Å²) in [5.41, 5.74) is 0.243. The molecule has 136 valence electrons. The first-order valence-corrected chi connectivity index (χ1v) is 10.1. The number of halogens is 1. The van der Waals surface area contributed by atoms with E-state index in [1.54, 1.807) is 6.33 Å². The van der Waals surface area contributed by atoms with Gasteiger partial charge >= 0.3 is 0 Å². The number of aromatic nitrogens is 3. The summed E-state index contributed by atoms with van der Waals surface area (Å²) >= 11 is 7.29. The topological polar surface area (TPSA) is 97.2 Å². The highest BCUT2D eigenvalue weighted by molar-refractivity contribution is 7.99. The normalized spacial score (nSPS) is 11.7. The first-order valence-electron chi connectivity index (χ1n) is 7.28. The van der Waals surface area contributed by atoms with Crippen molar-refractivity contribution in [3.05, 3.63) is 29.5 Å². The molecular formula is C14H18ClN5O3S2. The number of hydrogen-bond donors (Lipinski definition) is 1. The standard InChI is InChI=1S/C14H18ClN5O3S2/c1-4-20-9-16-18-14(20)24-8-13(21)17-12-7-10(5-6-11(12)15)25(22,23)19(2)3/h5-7,9H,4,8H2,1-3H3,(H,17,21). The van der Waals surface area contributed by atoms with Crippen molar-refractivity contribution in [3.8, 4) is 0 Å². The van der Waals surface area contributed by atoms with E-state index in [1.807, 2.05) is 11.5 Å². The van der Waals surface area contributed by atoms with Crippen molar-refractivity contribution in [3.63, 3.8) is 0 Å². The van der Waals surface area contributed by atoms with Gasteiger partial charge in [0, 0.05) is 20.6 Å². The van der Waals surface area contributed by atoms with Gasteiger partial charge in [0.25, 0.3) is 0 Å². The molecule has 1 heterocycles. The molecule has 0 aliphatic heterocycles. The van der Waals surface area contributed by atoms with Gasteiger partial charge in [-0.3, -0.25) is 4.79 Å². The zero-order chi connectivity index (χ0) is 18.6. The third-order valence-electron chi connectivity index (χ3n) is 3.24. The van der Waals surface area contributed by atoms with E-state index in [0.717, 1.165) is 4.31 Å². The maximum Gasteiger partial charge on any atom is 0.242 e. The van der Waals surface area contributed by atoms with Gasteiger partial charge < -0.3 is 9.88 Å². The molecule has 0 atom stereocenters. The van der Waals surface area contributed by atoms with Crippen LogP contribution in [0.1, 0.15) is 6.92 Å². The minimum Gasteiger partial charge on any atom is -0.324 e. The van der Waals surface area contributed by atoms with Gasteiger partial charge in [-0.1, -0.05) is 23.4 Å². The Hall–Kier alpha value is -1.62. The number of sulfonamides is 1. The van der Waals surface area contributed by atoms with E-state index in [0.29, 0.717) is 11.7 Å². The molecule has 0 bridgehead atoms. The number of anilines is 1. The number of nitrogens with one attached hydrogen (secondary N) is 1. The predicted molar refractivity (Wildman–Crippen MR) is 97.4 cm³/mol. The first-order chi connectivity index (χ1) is 11.8. The quantitative estimate of drug-likeness (QED) is 0.709. The summed E-state index contributed by atoms with van der Waals surface area (Å²) < 4.78 is 27.3. The largest absolute Gasteiger partial charge is 0.324 e. The van der Waals surface area contributed by atoms with E-state index in [1.165, 1.54) is 44.1 Å². The predicted octanol–water partition coefficient (Wildman–Crippen LogP) is 1.93. The lowest BCUT2D eigenvalue weighted by molar-refractivity contribution is -0.113. The van der Waals surface area contributed by atoms with Gasteiger partial charge in [-0.15, -0.1) is 10.2 Å². The molecule has 0 saturated carbocycles. The molecule has 1 N–H and O–H groups in total. The molecule has 0 aliphatic rings. The molecule has 8 nitrogen and oxygen atoms in total. The number of carbonyl (C=O) groups excluding carboxylic acids is 1. The highest BCUT2D eigenvalue weighted by atomic mass is 35.5. The van der Waals surface area contributed by atoms with E-state index in [-0.39, 0.29) is 27.3 Å². The van der Waals surface area contributed by atoms with Crippen molar-refractivity contribution >= 4 is 45.0 Å². The fourth-order valence-electron chi connectivity index (χ4n) is 1.86. The van der Waals surface area contributed by atoms with Crippen LogP contribution in [-0.4, -0.2) is 53.2 Å². The lowest BCUT2D eigenvalue weighted by Gasteiger charge is -2.13. The maximum atomic E-state index is 12.2. The van der Waals surface area contributed by atoms with Crippen LogP contribution in [-0.2, 0) is 21.4 Å². The zero-order valence-corrected chi connectivity index (χ0v) is 16.3. The fraction of sp³-hybridized carbons (Fsp3) is 0.357. The third kappa shape index (κ3) is 4.72. The van der Waals surface area contributed by atoms with Crippen LogP contribution >= 0.6 is 23.4 Å². The number of thioether (sulfide) groups is 1. The minimum atomic E-state index is -3.61. The van der Waals surface area contributed by atoms with Crippen molar-refractivity contribution in [2.75, 3.05) is 25.2 Å². The van der Waals surface area contributed by atoms with Crippen LogP contribution in [0.15, 0.2) is 34.6 Å². The fourth-order valence-corrected chi connectivity index (χ4v) is 3.73. The molecule has 1 aromatic heterocycles. The Balaban J connectivity index is 2.10. The molecular weight excluding hydrogens is 386 g/mol. The molecule has 0 spiro atoms. The lowest BCUT2D eigenvalue weighted by atomic mass is 10.3. The summed E-state index contributed by atoms with van der Waals surface area (Å²) in [6.07, 6.45) is 1.59. The first kappa shape index (κ1) is 19.7. The van der Waals surface area contributed by atoms with Gasteiger partial charge in [0.05, 0.1) is 21.4 Å². The molecule has 0 aliphatic carbocycles. The van der Waals surface area contributed by atoms with Gasteiger partial charge in [-0.05, 0) is 25.1 Å². The summed E-state index contributed by atoms with van der Waals surface area (Å²) in [5.74, 6) is -0.225. The summed E-state index contributed by atoms with van der Waals surface area (Å²) in [4.78, 5) is 12.2. The number of carbonyl (C=O) groups is 1. The van der Waals surface area contributed by atoms with Gasteiger partial charge in [-0.25, -0.2) is 12.7 Å². The zero-order valence-electron chi connectivity index (χ0n) is 13.9. The molecule has 2 aromatic rings. The second-order valence-corrected chi connectivity index (χ2v) is 8.67. The van der Waals surface area contributed by atoms with Crippen molar-refractivity contribution in [1.29, 1.82) is 0 Å². The van der Waals surface area contributed by atoms with E-state index in [2.05, 4.69) is 15.5 Å². The van der Waals surface area contributed by atoms with Crippen LogP contribution in [0.5, 0.6) is 0 Å². The van der Waals surface area contributed by atoms with E-state index < -0.39 is 10.0 Å². The van der Waals surface area contributed by atoms with Crippen molar-refractivity contribution < 1.29 is 13.2 Å². The lowest BCUT2D eigenvalue weighted by Crippen LogP contribution is -2.22. The molecule has 1 aromatic carbocycles. The monoisotopic (exact) mass is 403 g/mol. The van der Waals surface area contributed by atoms with Crippen molar-refractivity contribution in [1.82, 2.24) is 19.1 Å². The Morgan fingerprint density at radius 2 is 2.12 bits per heavy atom. The third-order valence-corrected chi connectivity index (χ3v) is 6.37. The Morgan fingerprint density at radius 3 is 2.76 bits per heavy atom. The smallest absolute Gasteiger partial charge is 0.242 e. The van der Waals surface area contributed by atoms with Crippen LogP contribution in [0, 0.1) is 0 Å². The summed E-state index contributed by atoms with van der Waals surface area (Å²) in [6.45, 7) is 2.65. The molecule has 11 heteroatoms. The van der Waals surface area contributed by atoms with E-state index >= 15 is 0 Å². The molecule has 0 saturated heterocycles. The van der Waals surface area contributed by atoms with Crippen molar-refractivity contribution in [2.45, 2.75) is 23.5 Å². The van der Waals surface area contributed by atoms with Gasteiger partial charge in [0.1, 0.15) is 6.33 Å². The molecule has 2 rings (SSSR count). The second-order valence-electron chi connectivity index (χ2n) is 5.17.